The minimum atomic E-state index is -3.01. The predicted molar refractivity (Wildman–Crippen MR) is 74.7 cm³/mol. The molecule has 0 radical (unpaired) electrons. The Kier molecular flexibility index (Phi) is 3.65. The van der Waals surface area contributed by atoms with Crippen LogP contribution in [-0.2, 0) is 16.4 Å². The topological polar surface area (TPSA) is 78.0 Å². The lowest BCUT2D eigenvalue weighted by molar-refractivity contribution is 0.586. The second kappa shape index (κ2) is 4.91. The fourth-order valence-electron chi connectivity index (χ4n) is 1.47. The van der Waals surface area contributed by atoms with Crippen molar-refractivity contribution in [2.75, 3.05) is 17.7 Å². The number of halogens is 1. The number of nitrogen functional groups attached to an aromatic ring is 1. The summed E-state index contributed by atoms with van der Waals surface area (Å²) >= 11 is 7.25. The van der Waals surface area contributed by atoms with Crippen molar-refractivity contribution in [3.8, 4) is 11.3 Å². The number of nitrogens with two attached hydrogens (primary N) is 1. The van der Waals surface area contributed by atoms with Crippen LogP contribution in [0.4, 0.5) is 5.69 Å². The average Bonchev–Trinajstić information content (AvgIpc) is 2.81. The van der Waals surface area contributed by atoms with E-state index < -0.39 is 9.84 Å². The third kappa shape index (κ3) is 3.24. The van der Waals surface area contributed by atoms with Crippen molar-refractivity contribution in [3.05, 3.63) is 22.0 Å². The summed E-state index contributed by atoms with van der Waals surface area (Å²) < 4.78 is 24.4. The van der Waals surface area contributed by atoms with Crippen molar-refractivity contribution < 1.29 is 8.42 Å². The van der Waals surface area contributed by atoms with Crippen molar-refractivity contribution >= 4 is 38.5 Å². The Bertz CT molecular complexity index is 660. The first-order valence-corrected chi connectivity index (χ1v) is 8.42. The summed E-state index contributed by atoms with van der Waals surface area (Å²) in [5.41, 5.74) is 7.84. The van der Waals surface area contributed by atoms with E-state index >= 15 is 0 Å². The summed E-state index contributed by atoms with van der Waals surface area (Å²) in [6.45, 7) is 0.293. The van der Waals surface area contributed by atoms with E-state index in [-0.39, 0.29) is 5.75 Å². The molecule has 0 aliphatic carbocycles. The maximum absolute atomic E-state index is 11.1. The number of aryl methyl sites for hydroxylation is 1. The van der Waals surface area contributed by atoms with Crippen LogP contribution < -0.4 is 5.73 Å². The van der Waals surface area contributed by atoms with Crippen LogP contribution in [-0.4, -0.2) is 30.2 Å². The highest BCUT2D eigenvalue weighted by atomic mass is 35.5. The first kappa shape index (κ1) is 13.4. The van der Waals surface area contributed by atoms with Gasteiger partial charge in [0, 0.05) is 23.4 Å². The SMILES string of the molecule is CS(=O)(=O)CCn1cc(N)c(-c2csc(Cl)c2)n1. The standard InChI is InChI=1S/C10H12ClN3O2S2/c1-18(15,16)3-2-14-5-8(12)10(13-14)7-4-9(11)17-6-7/h4-6H,2-3,12H2,1H3. The van der Waals surface area contributed by atoms with Gasteiger partial charge in [-0.15, -0.1) is 11.3 Å². The molecular formula is C10H12ClN3O2S2. The van der Waals surface area contributed by atoms with Crippen LogP contribution in [0.2, 0.25) is 4.34 Å². The molecule has 0 aliphatic heterocycles. The van der Waals surface area contributed by atoms with E-state index in [1.54, 1.807) is 12.3 Å². The molecule has 2 aromatic rings. The number of sulfone groups is 1. The van der Waals surface area contributed by atoms with Crippen molar-refractivity contribution in [1.29, 1.82) is 0 Å². The molecule has 2 aromatic heterocycles. The van der Waals surface area contributed by atoms with Crippen molar-refractivity contribution in [2.24, 2.45) is 0 Å². The maximum Gasteiger partial charge on any atom is 0.149 e. The fraction of sp³-hybridized carbons (Fsp3) is 0.300. The van der Waals surface area contributed by atoms with E-state index in [2.05, 4.69) is 5.10 Å². The smallest absolute Gasteiger partial charge is 0.149 e. The van der Waals surface area contributed by atoms with E-state index in [9.17, 15) is 8.42 Å². The third-order valence-electron chi connectivity index (χ3n) is 2.32. The van der Waals surface area contributed by atoms with Gasteiger partial charge in [-0.25, -0.2) is 8.42 Å². The van der Waals surface area contributed by atoms with Crippen LogP contribution in [0.1, 0.15) is 0 Å². The summed E-state index contributed by atoms with van der Waals surface area (Å²) in [6, 6.07) is 1.78. The van der Waals surface area contributed by atoms with E-state index in [1.807, 2.05) is 5.38 Å². The van der Waals surface area contributed by atoms with Crippen LogP contribution in [0.25, 0.3) is 11.3 Å². The van der Waals surface area contributed by atoms with E-state index in [4.69, 9.17) is 17.3 Å². The number of hydrogen-bond donors (Lipinski definition) is 1. The van der Waals surface area contributed by atoms with Gasteiger partial charge in [-0.3, -0.25) is 4.68 Å². The van der Waals surface area contributed by atoms with E-state index in [0.717, 1.165) is 5.56 Å². The molecule has 0 saturated heterocycles. The Hall–Kier alpha value is -1.05. The molecule has 0 aliphatic rings. The van der Waals surface area contributed by atoms with Crippen molar-refractivity contribution in [3.63, 3.8) is 0 Å². The second-order valence-electron chi connectivity index (χ2n) is 3.97. The fourth-order valence-corrected chi connectivity index (χ4v) is 2.85. The lowest BCUT2D eigenvalue weighted by atomic mass is 10.2. The molecule has 0 atom stereocenters. The van der Waals surface area contributed by atoms with Crippen molar-refractivity contribution in [2.45, 2.75) is 6.54 Å². The minimum Gasteiger partial charge on any atom is -0.396 e. The van der Waals surface area contributed by atoms with Crippen LogP contribution in [0.3, 0.4) is 0 Å². The van der Waals surface area contributed by atoms with Gasteiger partial charge in [-0.1, -0.05) is 11.6 Å². The van der Waals surface area contributed by atoms with Gasteiger partial charge in [0.2, 0.25) is 0 Å². The quantitative estimate of drug-likeness (QED) is 0.935. The summed E-state index contributed by atoms with van der Waals surface area (Å²) in [5.74, 6) is 0.0396. The van der Waals surface area contributed by atoms with Gasteiger partial charge in [-0.2, -0.15) is 5.10 Å². The number of hydrogen-bond acceptors (Lipinski definition) is 5. The van der Waals surface area contributed by atoms with Gasteiger partial charge in [0.1, 0.15) is 15.5 Å². The summed E-state index contributed by atoms with van der Waals surface area (Å²) in [7, 11) is -3.01. The Morgan fingerprint density at radius 2 is 2.28 bits per heavy atom. The van der Waals surface area contributed by atoms with Crippen LogP contribution in [0, 0.1) is 0 Å². The molecule has 0 aromatic carbocycles. The van der Waals surface area contributed by atoms with Gasteiger partial charge in [0.25, 0.3) is 0 Å². The Morgan fingerprint density at radius 1 is 1.56 bits per heavy atom. The molecule has 2 N–H and O–H groups in total. The summed E-state index contributed by atoms with van der Waals surface area (Å²) in [4.78, 5) is 0. The minimum absolute atomic E-state index is 0.0396. The Balaban J connectivity index is 2.22. The first-order valence-electron chi connectivity index (χ1n) is 5.10. The molecule has 2 rings (SSSR count). The molecule has 8 heteroatoms. The number of thiophene rings is 1. The lowest BCUT2D eigenvalue weighted by Gasteiger charge is -1.98. The average molecular weight is 306 g/mol. The number of rotatable bonds is 4. The summed E-state index contributed by atoms with van der Waals surface area (Å²) in [6.07, 6.45) is 2.82. The monoisotopic (exact) mass is 305 g/mol. The maximum atomic E-state index is 11.1. The zero-order valence-corrected chi connectivity index (χ0v) is 12.0. The molecule has 98 valence electrons. The van der Waals surface area contributed by atoms with Gasteiger partial charge < -0.3 is 5.73 Å². The zero-order valence-electron chi connectivity index (χ0n) is 9.63. The molecule has 0 saturated carbocycles. The number of aromatic nitrogens is 2. The van der Waals surface area contributed by atoms with Gasteiger partial charge >= 0.3 is 0 Å². The normalized spacial score (nSPS) is 11.9. The highest BCUT2D eigenvalue weighted by Crippen LogP contribution is 2.30. The van der Waals surface area contributed by atoms with Crippen molar-refractivity contribution in [1.82, 2.24) is 9.78 Å². The van der Waals surface area contributed by atoms with Crippen LogP contribution in [0.15, 0.2) is 17.6 Å². The molecule has 18 heavy (non-hydrogen) atoms. The highest BCUT2D eigenvalue weighted by Gasteiger charge is 2.11. The van der Waals surface area contributed by atoms with E-state index in [1.165, 1.54) is 22.3 Å². The largest absolute Gasteiger partial charge is 0.396 e. The van der Waals surface area contributed by atoms with Gasteiger partial charge in [0.15, 0.2) is 0 Å². The molecule has 0 bridgehead atoms. The molecule has 2 heterocycles. The summed E-state index contributed by atoms with van der Waals surface area (Å²) in [5, 5.41) is 6.13. The lowest BCUT2D eigenvalue weighted by Crippen LogP contribution is -2.11. The zero-order chi connectivity index (χ0) is 13.3. The number of nitrogens with zero attached hydrogens (tertiary/aromatic N) is 2. The Morgan fingerprint density at radius 3 is 2.83 bits per heavy atom. The van der Waals surface area contributed by atoms with Crippen LogP contribution in [0.5, 0.6) is 0 Å². The highest BCUT2D eigenvalue weighted by molar-refractivity contribution is 7.90. The van der Waals surface area contributed by atoms with E-state index in [0.29, 0.717) is 22.3 Å². The molecular weight excluding hydrogens is 294 g/mol. The molecule has 0 fully saturated rings. The molecule has 0 spiro atoms. The predicted octanol–water partition coefficient (Wildman–Crippen LogP) is 1.89. The molecule has 0 amide bonds. The Labute approximate surface area is 114 Å². The third-order valence-corrected chi connectivity index (χ3v) is 4.34. The first-order chi connectivity index (χ1) is 8.35. The second-order valence-corrected chi connectivity index (χ2v) is 7.77. The molecule has 5 nitrogen and oxygen atoms in total. The van der Waals surface area contributed by atoms with Crippen LogP contribution >= 0.6 is 22.9 Å². The van der Waals surface area contributed by atoms with Gasteiger partial charge in [-0.05, 0) is 6.07 Å². The van der Waals surface area contributed by atoms with Gasteiger partial charge in [0.05, 0.1) is 22.3 Å². The number of anilines is 1. The molecule has 0 unspecified atom stereocenters.